The monoisotopic (exact) mass is 529 g/mol. The van der Waals surface area contributed by atoms with Crippen LogP contribution in [0.25, 0.3) is 6.20 Å². The summed E-state index contributed by atoms with van der Waals surface area (Å²) < 4.78 is 7.61. The van der Waals surface area contributed by atoms with Crippen LogP contribution in [0.4, 0.5) is 0 Å². The van der Waals surface area contributed by atoms with Crippen LogP contribution in [-0.4, -0.2) is 52.3 Å². The predicted octanol–water partition coefficient (Wildman–Crippen LogP) is 3.30. The van der Waals surface area contributed by atoms with Gasteiger partial charge in [0.15, 0.2) is 0 Å². The smallest absolute Gasteiger partial charge is 0.258 e. The van der Waals surface area contributed by atoms with Crippen molar-refractivity contribution in [2.45, 2.75) is 85.2 Å². The minimum absolute atomic E-state index is 0.0110. The number of ether oxygens (including phenoxy) is 1. The van der Waals surface area contributed by atoms with Crippen molar-refractivity contribution >= 4 is 23.9 Å². The Hall–Kier alpha value is -2.88. The highest BCUT2D eigenvalue weighted by molar-refractivity contribution is 5.96. The average molecular weight is 530 g/mol. The van der Waals surface area contributed by atoms with E-state index in [4.69, 9.17) is 9.57 Å². The van der Waals surface area contributed by atoms with E-state index in [1.807, 2.05) is 40.7 Å². The molecule has 3 amide bonds. The van der Waals surface area contributed by atoms with Gasteiger partial charge in [0.1, 0.15) is 5.56 Å². The van der Waals surface area contributed by atoms with Gasteiger partial charge in [0.05, 0.1) is 30.4 Å². The van der Waals surface area contributed by atoms with Crippen molar-refractivity contribution in [2.75, 3.05) is 13.2 Å². The molecule has 4 fully saturated rings. The molecule has 2 atom stereocenters. The van der Waals surface area contributed by atoms with Crippen molar-refractivity contribution in [2.24, 2.45) is 29.1 Å². The summed E-state index contributed by atoms with van der Waals surface area (Å²) >= 11 is 0. The Kier molecular flexibility index (Phi) is 8.20. The maximum atomic E-state index is 13.6. The molecule has 0 radical (unpaired) electrons. The van der Waals surface area contributed by atoms with Crippen molar-refractivity contribution in [3.05, 3.63) is 17.8 Å². The fraction of sp³-hybridized carbons (Fsp3) is 0.714. The van der Waals surface area contributed by atoms with Crippen molar-refractivity contribution in [1.82, 2.24) is 25.9 Å². The highest BCUT2D eigenvalue weighted by Gasteiger charge is 2.58. The van der Waals surface area contributed by atoms with Gasteiger partial charge < -0.3 is 15.4 Å². The zero-order valence-corrected chi connectivity index (χ0v) is 23.5. The minimum Gasteiger partial charge on any atom is -0.477 e. The zero-order chi connectivity index (χ0) is 27.7. The van der Waals surface area contributed by atoms with Crippen molar-refractivity contribution in [3.8, 4) is 5.88 Å². The van der Waals surface area contributed by atoms with Crippen molar-refractivity contribution in [1.29, 1.82) is 0 Å². The number of nitrogens with zero attached hydrogens (tertiary/aromatic N) is 2. The van der Waals surface area contributed by atoms with Gasteiger partial charge in [0.2, 0.25) is 17.7 Å². The van der Waals surface area contributed by atoms with Crippen LogP contribution in [0.1, 0.15) is 84.0 Å². The molecule has 2 unspecified atom stereocenters. The summed E-state index contributed by atoms with van der Waals surface area (Å²) in [5.74, 6) is 1.30. The van der Waals surface area contributed by atoms with Crippen LogP contribution >= 0.6 is 0 Å². The summed E-state index contributed by atoms with van der Waals surface area (Å²) in [6.07, 6.45) is 9.56. The number of carbonyl (C=O) groups excluding carboxylic acids is 3. The molecule has 1 heterocycles. The third kappa shape index (κ3) is 6.06. The number of rotatable bonds is 11. The Morgan fingerprint density at radius 2 is 1.89 bits per heavy atom. The average Bonchev–Trinajstić information content (AvgIpc) is 3.23. The first-order valence-corrected chi connectivity index (χ1v) is 13.8. The number of hydrogen-bond acceptors (Lipinski definition) is 6. The molecule has 0 aliphatic heterocycles. The van der Waals surface area contributed by atoms with Gasteiger partial charge >= 0.3 is 0 Å². The molecule has 4 bridgehead atoms. The van der Waals surface area contributed by atoms with E-state index in [2.05, 4.69) is 21.2 Å². The van der Waals surface area contributed by atoms with Crippen molar-refractivity contribution in [3.63, 3.8) is 0 Å². The normalized spacial score (nSPS) is 28.1. The quantitative estimate of drug-likeness (QED) is 0.378. The molecule has 10 heteroatoms. The SMILES string of the molecule is CCONC(=O)C12CC3CC(C1)C(NC(=O)c1cnn(/C=C/C(C)(C)NC(C)=O)c1OCC(C)C)C(C3)C2. The molecule has 4 aliphatic rings. The molecule has 10 nitrogen and oxygen atoms in total. The molecule has 210 valence electrons. The number of amides is 3. The van der Waals surface area contributed by atoms with Crippen molar-refractivity contribution < 1.29 is 24.0 Å². The summed E-state index contributed by atoms with van der Waals surface area (Å²) in [4.78, 5) is 43.3. The zero-order valence-electron chi connectivity index (χ0n) is 23.5. The van der Waals surface area contributed by atoms with Gasteiger partial charge in [-0.1, -0.05) is 13.8 Å². The summed E-state index contributed by atoms with van der Waals surface area (Å²) in [5, 5.41) is 10.6. The lowest BCUT2D eigenvalue weighted by molar-refractivity contribution is -0.161. The molecule has 3 N–H and O–H groups in total. The number of aromatic nitrogens is 2. The van der Waals surface area contributed by atoms with Gasteiger partial charge in [0.25, 0.3) is 5.91 Å². The van der Waals surface area contributed by atoms with E-state index in [0.717, 1.165) is 32.1 Å². The number of hydroxylamine groups is 1. The highest BCUT2D eigenvalue weighted by Crippen LogP contribution is 2.60. The molecule has 4 saturated carbocycles. The number of hydrogen-bond donors (Lipinski definition) is 3. The first kappa shape index (κ1) is 28.1. The van der Waals surface area contributed by atoms with E-state index in [1.165, 1.54) is 13.1 Å². The fourth-order valence-corrected chi connectivity index (χ4v) is 6.77. The van der Waals surface area contributed by atoms with E-state index < -0.39 is 11.0 Å². The van der Waals surface area contributed by atoms with Crippen LogP contribution in [0.5, 0.6) is 5.88 Å². The van der Waals surface area contributed by atoms with E-state index in [-0.39, 0.29) is 41.5 Å². The standard InChI is InChI=1S/C28H43N5O5/c1-7-38-32-26(36)28-12-19-10-20(13-28)23(21(11-19)14-28)30-24(35)22-15-29-33(25(22)37-16-17(2)3)9-8-27(5,6)31-18(4)34/h8-9,15,17,19-21,23H,7,10-14,16H2,1-6H3,(H,30,35)(H,31,34)(H,32,36)/b9-8+. The third-order valence-corrected chi connectivity index (χ3v) is 8.04. The maximum Gasteiger partial charge on any atom is 0.258 e. The molecular weight excluding hydrogens is 486 g/mol. The van der Waals surface area contributed by atoms with E-state index in [0.29, 0.717) is 30.6 Å². The van der Waals surface area contributed by atoms with Crippen LogP contribution < -0.4 is 20.9 Å². The topological polar surface area (TPSA) is 124 Å². The first-order chi connectivity index (χ1) is 17.9. The molecule has 1 aromatic heterocycles. The third-order valence-electron chi connectivity index (χ3n) is 8.04. The number of carbonyl (C=O) groups is 3. The Morgan fingerprint density at radius 1 is 1.21 bits per heavy atom. The van der Waals surface area contributed by atoms with Gasteiger partial charge in [-0.05, 0) is 82.6 Å². The van der Waals surface area contributed by atoms with Crippen LogP contribution in [0, 0.1) is 29.1 Å². The lowest BCUT2D eigenvalue weighted by atomic mass is 9.47. The maximum absolute atomic E-state index is 13.6. The molecular formula is C28H43N5O5. The van der Waals surface area contributed by atoms with Crippen LogP contribution in [0.2, 0.25) is 0 Å². The number of nitrogens with one attached hydrogen (secondary N) is 3. The molecule has 38 heavy (non-hydrogen) atoms. The molecule has 1 aromatic rings. The largest absolute Gasteiger partial charge is 0.477 e. The summed E-state index contributed by atoms with van der Waals surface area (Å²) in [7, 11) is 0. The lowest BCUT2D eigenvalue weighted by Crippen LogP contribution is -2.62. The van der Waals surface area contributed by atoms with Gasteiger partial charge in [0, 0.05) is 19.2 Å². The van der Waals surface area contributed by atoms with E-state index >= 15 is 0 Å². The Morgan fingerprint density at radius 3 is 2.50 bits per heavy atom. The molecule has 0 aromatic carbocycles. The lowest BCUT2D eigenvalue weighted by Gasteiger charge is -2.59. The molecule has 0 saturated heterocycles. The summed E-state index contributed by atoms with van der Waals surface area (Å²) in [6.45, 7) is 12.0. The van der Waals surface area contributed by atoms with Crippen LogP contribution in [0.15, 0.2) is 12.3 Å². The summed E-state index contributed by atoms with van der Waals surface area (Å²) in [5.41, 5.74) is 2.04. The van der Waals surface area contributed by atoms with Crippen LogP contribution in [-0.2, 0) is 14.4 Å². The van der Waals surface area contributed by atoms with Gasteiger partial charge in [-0.15, -0.1) is 0 Å². The predicted molar refractivity (Wildman–Crippen MR) is 143 cm³/mol. The van der Waals surface area contributed by atoms with Gasteiger partial charge in [-0.3, -0.25) is 19.2 Å². The molecule has 0 spiro atoms. The Bertz CT molecular complexity index is 1060. The van der Waals surface area contributed by atoms with E-state index in [9.17, 15) is 14.4 Å². The van der Waals surface area contributed by atoms with E-state index in [1.54, 1.807) is 10.9 Å². The Labute approximate surface area is 225 Å². The fourth-order valence-electron chi connectivity index (χ4n) is 6.77. The molecule has 4 aliphatic carbocycles. The highest BCUT2D eigenvalue weighted by atomic mass is 16.6. The molecule has 5 rings (SSSR count). The van der Waals surface area contributed by atoms with Crippen LogP contribution in [0.3, 0.4) is 0 Å². The minimum atomic E-state index is -0.597. The second-order valence-corrected chi connectivity index (χ2v) is 12.3. The van der Waals surface area contributed by atoms with Gasteiger partial charge in [-0.25, -0.2) is 10.2 Å². The first-order valence-electron chi connectivity index (χ1n) is 13.8. The summed E-state index contributed by atoms with van der Waals surface area (Å²) in [6, 6.07) is 0.0163. The second kappa shape index (κ2) is 11.1. The second-order valence-electron chi connectivity index (χ2n) is 12.3. The Balaban J connectivity index is 1.51. The van der Waals surface area contributed by atoms with Gasteiger partial charge in [-0.2, -0.15) is 5.10 Å².